The van der Waals surface area contributed by atoms with Crippen LogP contribution in [-0.4, -0.2) is 36.1 Å². The number of benzene rings is 1. The Labute approximate surface area is 115 Å². The minimum absolute atomic E-state index is 0.705. The quantitative estimate of drug-likeness (QED) is 0.882. The molecule has 0 amide bonds. The molecular weight excluding hydrogens is 234 g/mol. The van der Waals surface area contributed by atoms with Crippen LogP contribution in [0.1, 0.15) is 24.8 Å². The van der Waals surface area contributed by atoms with Gasteiger partial charge < -0.3 is 15.2 Å². The van der Waals surface area contributed by atoms with Crippen molar-refractivity contribution in [1.29, 1.82) is 0 Å². The van der Waals surface area contributed by atoms with E-state index in [1.54, 1.807) is 0 Å². The monoisotopic (exact) mass is 257 g/mol. The number of hydrogen-bond acceptors (Lipinski definition) is 2. The lowest BCUT2D eigenvalue weighted by Crippen LogP contribution is -2.42. The van der Waals surface area contributed by atoms with Crippen LogP contribution in [-0.2, 0) is 6.54 Å². The third-order valence-electron chi connectivity index (χ3n) is 4.29. The molecule has 0 spiro atoms. The van der Waals surface area contributed by atoms with Crippen molar-refractivity contribution < 1.29 is 0 Å². The minimum Gasteiger partial charge on any atom is -0.361 e. The van der Waals surface area contributed by atoms with Gasteiger partial charge in [0.05, 0.1) is 0 Å². The Morgan fingerprint density at radius 1 is 1.32 bits per heavy atom. The van der Waals surface area contributed by atoms with Gasteiger partial charge in [-0.15, -0.1) is 0 Å². The fourth-order valence-electron chi connectivity index (χ4n) is 3.07. The first kappa shape index (κ1) is 12.7. The summed E-state index contributed by atoms with van der Waals surface area (Å²) in [6, 6.07) is 9.34. The number of aromatic amines is 1. The molecule has 1 aromatic carbocycles. The predicted molar refractivity (Wildman–Crippen MR) is 80.3 cm³/mol. The van der Waals surface area contributed by atoms with Gasteiger partial charge in [-0.3, -0.25) is 0 Å². The van der Waals surface area contributed by atoms with E-state index in [4.69, 9.17) is 0 Å². The lowest BCUT2D eigenvalue weighted by Gasteiger charge is -2.32. The summed E-state index contributed by atoms with van der Waals surface area (Å²) < 4.78 is 0. The first-order valence-electron chi connectivity index (χ1n) is 7.30. The Hall–Kier alpha value is -1.32. The van der Waals surface area contributed by atoms with Gasteiger partial charge >= 0.3 is 0 Å². The summed E-state index contributed by atoms with van der Waals surface area (Å²) in [6.07, 6.45) is 6.08. The van der Waals surface area contributed by atoms with Gasteiger partial charge in [0.1, 0.15) is 0 Å². The fraction of sp³-hybridized carbons (Fsp3) is 0.500. The largest absolute Gasteiger partial charge is 0.361 e. The molecule has 1 aliphatic rings. The number of H-pyrrole nitrogens is 1. The van der Waals surface area contributed by atoms with Crippen molar-refractivity contribution in [2.24, 2.45) is 0 Å². The molecule has 1 atom stereocenters. The summed E-state index contributed by atoms with van der Waals surface area (Å²) in [4.78, 5) is 5.83. The molecule has 102 valence electrons. The molecule has 3 heteroatoms. The zero-order valence-corrected chi connectivity index (χ0v) is 11.7. The van der Waals surface area contributed by atoms with Crippen molar-refractivity contribution in [1.82, 2.24) is 15.2 Å². The number of piperidine rings is 1. The second-order valence-corrected chi connectivity index (χ2v) is 5.62. The molecule has 1 aromatic heterocycles. The number of fused-ring (bicyclic) bond motifs is 1. The molecule has 19 heavy (non-hydrogen) atoms. The van der Waals surface area contributed by atoms with E-state index in [9.17, 15) is 0 Å². The topological polar surface area (TPSA) is 31.1 Å². The van der Waals surface area contributed by atoms with Crippen LogP contribution in [0.5, 0.6) is 0 Å². The van der Waals surface area contributed by atoms with Gasteiger partial charge in [-0.2, -0.15) is 0 Å². The van der Waals surface area contributed by atoms with Crippen molar-refractivity contribution in [2.75, 3.05) is 20.1 Å². The van der Waals surface area contributed by atoms with Gasteiger partial charge in [-0.05, 0) is 43.5 Å². The Bertz CT molecular complexity index is 532. The number of aromatic nitrogens is 1. The zero-order chi connectivity index (χ0) is 13.1. The van der Waals surface area contributed by atoms with Crippen LogP contribution < -0.4 is 5.32 Å². The standard InChI is InChI=1S/C16H23N3/c1-19-10-3-2-7-15(19)12-17-11-14-6-4-5-13-8-9-18-16(13)14/h4-6,8-9,15,17-18H,2-3,7,10-12H2,1H3. The molecule has 2 heterocycles. The van der Waals surface area contributed by atoms with Crippen LogP contribution in [0.2, 0.25) is 0 Å². The average Bonchev–Trinajstić information content (AvgIpc) is 2.90. The van der Waals surface area contributed by atoms with Gasteiger partial charge in [-0.1, -0.05) is 24.6 Å². The maximum atomic E-state index is 3.62. The molecule has 1 aliphatic heterocycles. The Morgan fingerprint density at radius 2 is 2.26 bits per heavy atom. The lowest BCUT2D eigenvalue weighted by molar-refractivity contribution is 0.181. The van der Waals surface area contributed by atoms with E-state index in [0.717, 1.165) is 13.1 Å². The van der Waals surface area contributed by atoms with E-state index < -0.39 is 0 Å². The summed E-state index contributed by atoms with van der Waals surface area (Å²) in [7, 11) is 2.25. The van der Waals surface area contributed by atoms with Crippen molar-refractivity contribution in [3.63, 3.8) is 0 Å². The van der Waals surface area contributed by atoms with Crippen LogP contribution in [0.25, 0.3) is 10.9 Å². The summed E-state index contributed by atoms with van der Waals surface area (Å²) in [5.74, 6) is 0. The number of nitrogens with one attached hydrogen (secondary N) is 2. The minimum atomic E-state index is 0.705. The molecule has 0 radical (unpaired) electrons. The van der Waals surface area contributed by atoms with E-state index in [2.05, 4.69) is 46.5 Å². The number of para-hydroxylation sites is 1. The van der Waals surface area contributed by atoms with Gasteiger partial charge in [-0.25, -0.2) is 0 Å². The molecule has 1 fully saturated rings. The van der Waals surface area contributed by atoms with Gasteiger partial charge in [0.25, 0.3) is 0 Å². The maximum absolute atomic E-state index is 3.62. The van der Waals surface area contributed by atoms with Gasteiger partial charge in [0.2, 0.25) is 0 Å². The highest BCUT2D eigenvalue weighted by atomic mass is 15.2. The summed E-state index contributed by atoms with van der Waals surface area (Å²) in [5, 5.41) is 4.92. The van der Waals surface area contributed by atoms with Gasteiger partial charge in [0, 0.05) is 30.8 Å². The fourth-order valence-corrected chi connectivity index (χ4v) is 3.07. The van der Waals surface area contributed by atoms with Crippen LogP contribution in [0, 0.1) is 0 Å². The summed E-state index contributed by atoms with van der Waals surface area (Å²) in [5.41, 5.74) is 2.63. The molecular formula is C16H23N3. The Morgan fingerprint density at radius 3 is 3.16 bits per heavy atom. The molecule has 0 bridgehead atoms. The predicted octanol–water partition coefficient (Wildman–Crippen LogP) is 2.74. The summed E-state index contributed by atoms with van der Waals surface area (Å²) in [6.45, 7) is 3.29. The number of likely N-dealkylation sites (N-methyl/N-ethyl adjacent to an activating group) is 1. The molecule has 0 aliphatic carbocycles. The SMILES string of the molecule is CN1CCCCC1CNCc1cccc2cc[nH]c12. The maximum Gasteiger partial charge on any atom is 0.0499 e. The average molecular weight is 257 g/mol. The van der Waals surface area contributed by atoms with Crippen LogP contribution in [0.4, 0.5) is 0 Å². The van der Waals surface area contributed by atoms with Gasteiger partial charge in [0.15, 0.2) is 0 Å². The molecule has 3 rings (SSSR count). The third kappa shape index (κ3) is 2.82. The Balaban J connectivity index is 1.58. The molecule has 1 saturated heterocycles. The number of hydrogen-bond donors (Lipinski definition) is 2. The molecule has 2 N–H and O–H groups in total. The lowest BCUT2D eigenvalue weighted by atomic mass is 10.0. The molecule has 0 saturated carbocycles. The zero-order valence-electron chi connectivity index (χ0n) is 11.7. The van der Waals surface area contributed by atoms with Crippen molar-refractivity contribution >= 4 is 10.9 Å². The van der Waals surface area contributed by atoms with Crippen molar-refractivity contribution in [3.05, 3.63) is 36.0 Å². The van der Waals surface area contributed by atoms with Crippen LogP contribution in [0.15, 0.2) is 30.5 Å². The van der Waals surface area contributed by atoms with E-state index in [-0.39, 0.29) is 0 Å². The highest BCUT2D eigenvalue weighted by Gasteiger charge is 2.18. The smallest absolute Gasteiger partial charge is 0.0499 e. The molecule has 1 unspecified atom stereocenters. The summed E-state index contributed by atoms with van der Waals surface area (Å²) >= 11 is 0. The van der Waals surface area contributed by atoms with E-state index in [1.165, 1.54) is 42.3 Å². The molecule has 3 nitrogen and oxygen atoms in total. The van der Waals surface area contributed by atoms with Crippen molar-refractivity contribution in [2.45, 2.75) is 31.8 Å². The number of rotatable bonds is 4. The van der Waals surface area contributed by atoms with E-state index >= 15 is 0 Å². The second kappa shape index (κ2) is 5.76. The van der Waals surface area contributed by atoms with E-state index in [1.807, 2.05) is 6.20 Å². The molecule has 2 aromatic rings. The van der Waals surface area contributed by atoms with Crippen LogP contribution >= 0.6 is 0 Å². The van der Waals surface area contributed by atoms with E-state index in [0.29, 0.717) is 6.04 Å². The highest BCUT2D eigenvalue weighted by molar-refractivity contribution is 5.82. The third-order valence-corrected chi connectivity index (χ3v) is 4.29. The number of likely N-dealkylation sites (tertiary alicyclic amines) is 1. The second-order valence-electron chi connectivity index (χ2n) is 5.62. The first-order chi connectivity index (χ1) is 9.34. The highest BCUT2D eigenvalue weighted by Crippen LogP contribution is 2.17. The normalized spacial score (nSPS) is 21.0. The first-order valence-corrected chi connectivity index (χ1v) is 7.30. The van der Waals surface area contributed by atoms with Crippen molar-refractivity contribution in [3.8, 4) is 0 Å². The Kier molecular flexibility index (Phi) is 3.85. The number of nitrogens with zero attached hydrogens (tertiary/aromatic N) is 1. The van der Waals surface area contributed by atoms with Crippen LogP contribution in [0.3, 0.4) is 0 Å².